The van der Waals surface area contributed by atoms with E-state index in [0.717, 1.165) is 15.2 Å². The molecule has 0 N–H and O–H groups in total. The van der Waals surface area contributed by atoms with E-state index in [4.69, 9.17) is 11.6 Å². The van der Waals surface area contributed by atoms with Crippen LogP contribution in [0.15, 0.2) is 40.9 Å². The van der Waals surface area contributed by atoms with E-state index in [0.29, 0.717) is 5.56 Å². The van der Waals surface area contributed by atoms with Gasteiger partial charge in [-0.15, -0.1) is 11.6 Å². The highest BCUT2D eigenvalue weighted by atomic mass is 79.9. The Morgan fingerprint density at radius 2 is 1.67 bits per heavy atom. The molecule has 0 spiro atoms. The molecular formula is C13H9BrClF3. The predicted molar refractivity (Wildman–Crippen MR) is 70.9 cm³/mol. The van der Waals surface area contributed by atoms with Crippen LogP contribution in [0.25, 0.3) is 10.8 Å². The first-order chi connectivity index (χ1) is 8.38. The van der Waals surface area contributed by atoms with Crippen molar-refractivity contribution in [3.63, 3.8) is 0 Å². The average molecular weight is 338 g/mol. The Balaban J connectivity index is 2.49. The molecular weight excluding hydrogens is 328 g/mol. The largest absolute Gasteiger partial charge is 0.390 e. The first-order valence-electron chi connectivity index (χ1n) is 5.26. The Bertz CT molecular complexity index is 566. The van der Waals surface area contributed by atoms with Gasteiger partial charge in [0.1, 0.15) is 0 Å². The van der Waals surface area contributed by atoms with Gasteiger partial charge >= 0.3 is 6.18 Å². The van der Waals surface area contributed by atoms with Gasteiger partial charge in [0.15, 0.2) is 0 Å². The molecule has 1 unspecified atom stereocenters. The molecule has 2 rings (SSSR count). The van der Waals surface area contributed by atoms with Gasteiger partial charge in [-0.1, -0.05) is 46.3 Å². The maximum atomic E-state index is 12.4. The third-order valence-corrected chi connectivity index (χ3v) is 3.73. The minimum Gasteiger partial charge on any atom is -0.171 e. The zero-order chi connectivity index (χ0) is 13.3. The summed E-state index contributed by atoms with van der Waals surface area (Å²) in [6.45, 7) is 0. The van der Waals surface area contributed by atoms with Crippen molar-refractivity contribution in [1.29, 1.82) is 0 Å². The summed E-state index contributed by atoms with van der Waals surface area (Å²) < 4.78 is 38.0. The van der Waals surface area contributed by atoms with Crippen molar-refractivity contribution in [2.24, 2.45) is 0 Å². The fraction of sp³-hybridized carbons (Fsp3) is 0.231. The van der Waals surface area contributed by atoms with E-state index in [9.17, 15) is 13.2 Å². The highest BCUT2D eigenvalue weighted by molar-refractivity contribution is 9.10. The van der Waals surface area contributed by atoms with E-state index in [1.807, 2.05) is 12.1 Å². The summed E-state index contributed by atoms with van der Waals surface area (Å²) in [6.07, 6.45) is -5.29. The molecule has 0 saturated heterocycles. The zero-order valence-electron chi connectivity index (χ0n) is 9.14. The summed E-state index contributed by atoms with van der Waals surface area (Å²) in [5.41, 5.74) is 0.507. The number of rotatable bonds is 2. The second-order valence-corrected chi connectivity index (χ2v) is 5.35. The summed E-state index contributed by atoms with van der Waals surface area (Å²) >= 11 is 9.26. The first kappa shape index (κ1) is 13.7. The molecule has 5 heteroatoms. The Morgan fingerprint density at radius 3 is 2.28 bits per heavy atom. The van der Waals surface area contributed by atoms with E-state index in [1.165, 1.54) is 0 Å². The van der Waals surface area contributed by atoms with Crippen LogP contribution < -0.4 is 0 Å². The minimum atomic E-state index is -4.26. The van der Waals surface area contributed by atoms with Crippen molar-refractivity contribution in [3.05, 3.63) is 46.4 Å². The molecule has 2 aromatic carbocycles. The number of alkyl halides is 4. The number of benzene rings is 2. The zero-order valence-corrected chi connectivity index (χ0v) is 11.5. The fourth-order valence-electron chi connectivity index (χ4n) is 1.87. The van der Waals surface area contributed by atoms with Gasteiger partial charge in [-0.25, -0.2) is 0 Å². The molecule has 0 aromatic heterocycles. The molecule has 0 aliphatic rings. The molecule has 1 atom stereocenters. The molecule has 0 amide bonds. The van der Waals surface area contributed by atoms with E-state index in [1.54, 1.807) is 24.3 Å². The van der Waals surface area contributed by atoms with Crippen LogP contribution >= 0.6 is 27.5 Å². The predicted octanol–water partition coefficient (Wildman–Crippen LogP) is 5.83. The Kier molecular flexibility index (Phi) is 3.87. The molecule has 0 heterocycles. The Morgan fingerprint density at radius 1 is 1.06 bits per heavy atom. The topological polar surface area (TPSA) is 0 Å². The molecule has 0 radical (unpaired) electrons. The molecule has 0 aliphatic carbocycles. The standard InChI is InChI=1S/C13H9BrClF3/c14-11-6-5-10(12(15)7-13(16,17)18)8-3-1-2-4-9(8)11/h1-6,12H,7H2. The lowest BCUT2D eigenvalue weighted by Gasteiger charge is -2.15. The normalized spacial score (nSPS) is 13.8. The Hall–Kier alpha value is -0.740. The number of halogens is 5. The second-order valence-electron chi connectivity index (χ2n) is 3.97. The van der Waals surface area contributed by atoms with Gasteiger partial charge in [-0.2, -0.15) is 13.2 Å². The van der Waals surface area contributed by atoms with Crippen LogP contribution in [-0.2, 0) is 0 Å². The summed E-state index contributed by atoms with van der Waals surface area (Å²) in [7, 11) is 0. The van der Waals surface area contributed by atoms with Gasteiger partial charge in [0.25, 0.3) is 0 Å². The van der Waals surface area contributed by atoms with E-state index >= 15 is 0 Å². The molecule has 2 aromatic rings. The molecule has 0 bridgehead atoms. The Labute approximate surface area is 116 Å². The van der Waals surface area contributed by atoms with Crippen LogP contribution in [0.2, 0.25) is 0 Å². The van der Waals surface area contributed by atoms with E-state index in [-0.39, 0.29) is 0 Å². The lowest BCUT2D eigenvalue weighted by Crippen LogP contribution is -2.10. The van der Waals surface area contributed by atoms with E-state index in [2.05, 4.69) is 15.9 Å². The van der Waals surface area contributed by atoms with Gasteiger partial charge in [0.05, 0.1) is 11.8 Å². The monoisotopic (exact) mass is 336 g/mol. The molecule has 0 fully saturated rings. The van der Waals surface area contributed by atoms with E-state index < -0.39 is 18.0 Å². The highest BCUT2D eigenvalue weighted by Gasteiger charge is 2.32. The first-order valence-corrected chi connectivity index (χ1v) is 6.49. The lowest BCUT2D eigenvalue weighted by molar-refractivity contribution is -0.134. The maximum Gasteiger partial charge on any atom is 0.390 e. The van der Waals surface area contributed by atoms with Crippen LogP contribution in [0.5, 0.6) is 0 Å². The van der Waals surface area contributed by atoms with Crippen molar-refractivity contribution >= 4 is 38.3 Å². The fourth-order valence-corrected chi connectivity index (χ4v) is 2.72. The van der Waals surface area contributed by atoms with Gasteiger partial charge in [-0.3, -0.25) is 0 Å². The van der Waals surface area contributed by atoms with Gasteiger partial charge in [0, 0.05) is 4.47 Å². The summed E-state index contributed by atoms with van der Waals surface area (Å²) in [5, 5.41) is 0.543. The van der Waals surface area contributed by atoms with Gasteiger partial charge < -0.3 is 0 Å². The van der Waals surface area contributed by atoms with Crippen molar-refractivity contribution in [3.8, 4) is 0 Å². The van der Waals surface area contributed by atoms with Crippen LogP contribution in [0.4, 0.5) is 13.2 Å². The molecule has 18 heavy (non-hydrogen) atoms. The molecule has 0 aliphatic heterocycles. The summed E-state index contributed by atoms with van der Waals surface area (Å²) in [6, 6.07) is 10.6. The van der Waals surface area contributed by atoms with Crippen LogP contribution in [0.3, 0.4) is 0 Å². The van der Waals surface area contributed by atoms with Crippen molar-refractivity contribution in [2.75, 3.05) is 0 Å². The quantitative estimate of drug-likeness (QED) is 0.604. The highest BCUT2D eigenvalue weighted by Crippen LogP contribution is 2.38. The number of fused-ring (bicyclic) bond motifs is 1. The summed E-state index contributed by atoms with van der Waals surface area (Å²) in [4.78, 5) is 0. The van der Waals surface area contributed by atoms with Crippen LogP contribution in [0, 0.1) is 0 Å². The third-order valence-electron chi connectivity index (χ3n) is 2.65. The SMILES string of the molecule is FC(F)(F)CC(Cl)c1ccc(Br)c2ccccc12. The third kappa shape index (κ3) is 2.98. The van der Waals surface area contributed by atoms with Crippen molar-refractivity contribution in [1.82, 2.24) is 0 Å². The maximum absolute atomic E-state index is 12.4. The number of hydrogen-bond acceptors (Lipinski definition) is 0. The average Bonchev–Trinajstić information content (AvgIpc) is 2.27. The van der Waals surface area contributed by atoms with Gasteiger partial charge in [-0.05, 0) is 22.4 Å². The van der Waals surface area contributed by atoms with Crippen LogP contribution in [-0.4, -0.2) is 6.18 Å². The van der Waals surface area contributed by atoms with Crippen LogP contribution in [0.1, 0.15) is 17.4 Å². The lowest BCUT2D eigenvalue weighted by atomic mass is 10.0. The summed E-state index contributed by atoms with van der Waals surface area (Å²) in [5.74, 6) is 0. The smallest absolute Gasteiger partial charge is 0.171 e. The van der Waals surface area contributed by atoms with Crippen molar-refractivity contribution in [2.45, 2.75) is 18.0 Å². The number of hydrogen-bond donors (Lipinski definition) is 0. The molecule has 0 saturated carbocycles. The van der Waals surface area contributed by atoms with Crippen molar-refractivity contribution < 1.29 is 13.2 Å². The molecule has 96 valence electrons. The molecule has 0 nitrogen and oxygen atoms in total. The van der Waals surface area contributed by atoms with Gasteiger partial charge in [0.2, 0.25) is 0 Å². The second kappa shape index (κ2) is 5.10. The minimum absolute atomic E-state index is 0.507.